The Hall–Kier alpha value is -1.21. The lowest BCUT2D eigenvalue weighted by Gasteiger charge is -2.40. The number of hydrogen-bond donors (Lipinski definition) is 2. The molecule has 2 atom stereocenters. The number of hydrogen-bond acceptors (Lipinski definition) is 4. The van der Waals surface area contributed by atoms with E-state index in [0.717, 1.165) is 0 Å². The topological polar surface area (TPSA) is 75.8 Å². The van der Waals surface area contributed by atoms with Crippen molar-refractivity contribution in [3.63, 3.8) is 0 Å². The minimum atomic E-state index is -1.98. The van der Waals surface area contributed by atoms with E-state index in [1.54, 1.807) is 18.2 Å². The van der Waals surface area contributed by atoms with Gasteiger partial charge in [0.2, 0.25) is 0 Å². The van der Waals surface area contributed by atoms with Gasteiger partial charge in [-0.2, -0.15) is 0 Å². The Morgan fingerprint density at radius 3 is 2.48 bits per heavy atom. The molecule has 0 bridgehead atoms. The van der Waals surface area contributed by atoms with Crippen LogP contribution in [0.3, 0.4) is 0 Å². The molecule has 0 radical (unpaired) electrons. The molecule has 1 aliphatic heterocycles. The van der Waals surface area contributed by atoms with Gasteiger partial charge < -0.3 is 20.2 Å². The average Bonchev–Trinajstić information content (AvgIpc) is 2.70. The van der Waals surface area contributed by atoms with Crippen molar-refractivity contribution in [3.05, 3.63) is 35.4 Å². The molecule has 2 rings (SSSR count). The molecule has 128 valence electrons. The largest absolute Gasteiger partial charge is 0.411 e. The number of rotatable bonds is 5. The molecule has 2 unspecified atom stereocenters. The van der Waals surface area contributed by atoms with Gasteiger partial charge in [0.05, 0.1) is 12.6 Å². The predicted molar refractivity (Wildman–Crippen MR) is 93.6 cm³/mol. The number of nitrogens with two attached hydrogens (primary N) is 1. The second-order valence-corrected chi connectivity index (χ2v) is 12.4. The van der Waals surface area contributed by atoms with E-state index < -0.39 is 14.5 Å². The highest BCUT2D eigenvalue weighted by Crippen LogP contribution is 2.38. The Morgan fingerprint density at radius 1 is 1.35 bits per heavy atom. The van der Waals surface area contributed by atoms with Gasteiger partial charge in [0.15, 0.2) is 14.5 Å². The van der Waals surface area contributed by atoms with Crippen LogP contribution < -0.4 is 5.73 Å². The Labute approximate surface area is 139 Å². The van der Waals surface area contributed by atoms with Crippen LogP contribution in [0.1, 0.15) is 42.9 Å². The lowest BCUT2D eigenvalue weighted by Crippen LogP contribution is -2.49. The summed E-state index contributed by atoms with van der Waals surface area (Å²) in [6.07, 6.45) is -1.19. The number of aliphatic hydroxyl groups is 1. The summed E-state index contributed by atoms with van der Waals surface area (Å²) in [6.45, 7) is 11.4. The van der Waals surface area contributed by atoms with Gasteiger partial charge in [-0.3, -0.25) is 4.79 Å². The fourth-order valence-corrected chi connectivity index (χ4v) is 3.86. The van der Waals surface area contributed by atoms with Crippen molar-refractivity contribution in [1.29, 1.82) is 0 Å². The number of carbonyl (C=O) groups is 1. The third kappa shape index (κ3) is 3.50. The van der Waals surface area contributed by atoms with E-state index in [0.29, 0.717) is 24.2 Å². The van der Waals surface area contributed by atoms with Crippen molar-refractivity contribution in [1.82, 2.24) is 4.90 Å². The Bertz CT molecular complexity index is 583. The van der Waals surface area contributed by atoms with E-state index >= 15 is 0 Å². The van der Waals surface area contributed by atoms with E-state index in [1.807, 2.05) is 6.07 Å². The van der Waals surface area contributed by atoms with Gasteiger partial charge in [0.1, 0.15) is 0 Å². The van der Waals surface area contributed by atoms with Gasteiger partial charge in [-0.05, 0) is 24.2 Å². The van der Waals surface area contributed by atoms with Gasteiger partial charge in [-0.1, -0.05) is 39.0 Å². The number of nitrogens with zero attached hydrogens (tertiary/aromatic N) is 1. The van der Waals surface area contributed by atoms with Crippen LogP contribution in [-0.4, -0.2) is 43.4 Å². The average molecular weight is 337 g/mol. The van der Waals surface area contributed by atoms with Crippen LogP contribution in [0.4, 0.5) is 0 Å². The summed E-state index contributed by atoms with van der Waals surface area (Å²) in [5.41, 5.74) is 7.09. The van der Waals surface area contributed by atoms with Crippen molar-refractivity contribution in [3.8, 4) is 0 Å². The Balaban J connectivity index is 2.13. The molecular formula is C17H28N2O3Si. The molecule has 1 aliphatic rings. The number of benzene rings is 1. The van der Waals surface area contributed by atoms with Crippen LogP contribution in [0.5, 0.6) is 0 Å². The molecule has 5 nitrogen and oxygen atoms in total. The van der Waals surface area contributed by atoms with Crippen LogP contribution in [0, 0.1) is 0 Å². The van der Waals surface area contributed by atoms with Gasteiger partial charge in [-0.15, -0.1) is 0 Å². The van der Waals surface area contributed by atoms with Crippen LogP contribution in [-0.2, 0) is 4.43 Å². The van der Waals surface area contributed by atoms with Crippen LogP contribution in [0.25, 0.3) is 0 Å². The first kappa shape index (κ1) is 18.1. The normalized spacial score (nSPS) is 19.9. The number of carbonyl (C=O) groups excluding carboxylic acids is 1. The molecule has 23 heavy (non-hydrogen) atoms. The third-order valence-electron chi connectivity index (χ3n) is 4.96. The maximum atomic E-state index is 12.5. The first-order valence-corrected chi connectivity index (χ1v) is 10.9. The first-order valence-electron chi connectivity index (χ1n) is 8.04. The smallest absolute Gasteiger partial charge is 0.256 e. The predicted octanol–water partition coefficient (Wildman–Crippen LogP) is 2.48. The summed E-state index contributed by atoms with van der Waals surface area (Å²) in [4.78, 5) is 14.0. The lowest BCUT2D eigenvalue weighted by molar-refractivity contribution is -0.0000615. The van der Waals surface area contributed by atoms with Gasteiger partial charge in [0.25, 0.3) is 5.91 Å². The molecule has 0 saturated carbocycles. The van der Waals surface area contributed by atoms with E-state index in [9.17, 15) is 9.90 Å². The lowest BCUT2D eigenvalue weighted by atomic mass is 10.1. The van der Waals surface area contributed by atoms with Crippen molar-refractivity contribution < 1.29 is 14.3 Å². The maximum Gasteiger partial charge on any atom is 0.256 e. The van der Waals surface area contributed by atoms with Crippen LogP contribution in [0.15, 0.2) is 24.3 Å². The van der Waals surface area contributed by atoms with Gasteiger partial charge >= 0.3 is 0 Å². The first-order chi connectivity index (χ1) is 10.6. The monoisotopic (exact) mass is 336 g/mol. The molecule has 3 N–H and O–H groups in total. The summed E-state index contributed by atoms with van der Waals surface area (Å²) >= 11 is 0. The Kier molecular flexibility index (Phi) is 5.01. The van der Waals surface area contributed by atoms with E-state index in [2.05, 4.69) is 33.9 Å². The van der Waals surface area contributed by atoms with E-state index in [1.165, 1.54) is 4.90 Å². The molecule has 0 spiro atoms. The molecule has 1 aromatic carbocycles. The molecule has 1 amide bonds. The highest BCUT2D eigenvalue weighted by molar-refractivity contribution is 6.74. The summed E-state index contributed by atoms with van der Waals surface area (Å²) in [5, 5.41) is 10.5. The van der Waals surface area contributed by atoms with E-state index in [4.69, 9.17) is 10.2 Å². The number of fused-ring (bicyclic) bond motifs is 1. The fraction of sp³-hybridized carbons (Fsp3) is 0.588. The number of aliphatic hydroxyl groups excluding tert-OH is 1. The van der Waals surface area contributed by atoms with Crippen molar-refractivity contribution >= 4 is 14.2 Å². The van der Waals surface area contributed by atoms with Crippen molar-refractivity contribution in [2.75, 3.05) is 13.1 Å². The standard InChI is InChI=1S/C17H28N2O3Si/c1-17(2,3)23(4,5)22-12(10-18)11-19-15(20)13-8-6-7-9-14(13)16(19)21/h6-9,12,15,20H,10-11,18H2,1-5H3. The van der Waals surface area contributed by atoms with E-state index in [-0.39, 0.29) is 17.0 Å². The summed E-state index contributed by atoms with van der Waals surface area (Å²) in [5.74, 6) is -0.162. The van der Waals surface area contributed by atoms with Crippen LogP contribution >= 0.6 is 0 Å². The Morgan fingerprint density at radius 2 is 1.96 bits per heavy atom. The highest BCUT2D eigenvalue weighted by Gasteiger charge is 2.41. The molecule has 0 aromatic heterocycles. The molecule has 0 aliphatic carbocycles. The van der Waals surface area contributed by atoms with Gasteiger partial charge in [0, 0.05) is 17.7 Å². The molecular weight excluding hydrogens is 308 g/mol. The second-order valence-electron chi connectivity index (χ2n) is 7.65. The summed E-state index contributed by atoms with van der Waals surface area (Å²) in [7, 11) is -1.98. The van der Waals surface area contributed by atoms with Crippen LogP contribution in [0.2, 0.25) is 18.1 Å². The summed E-state index contributed by atoms with van der Waals surface area (Å²) in [6, 6.07) is 7.15. The molecule has 1 aromatic rings. The molecule has 6 heteroatoms. The fourth-order valence-electron chi connectivity index (χ4n) is 2.51. The van der Waals surface area contributed by atoms with Crippen molar-refractivity contribution in [2.24, 2.45) is 5.73 Å². The van der Waals surface area contributed by atoms with Crippen molar-refractivity contribution in [2.45, 2.75) is 51.2 Å². The SMILES string of the molecule is CC(C)(C)[Si](C)(C)OC(CN)CN1C(=O)c2ccccc2C1O. The second kappa shape index (κ2) is 6.35. The molecule has 0 saturated heterocycles. The van der Waals surface area contributed by atoms with Gasteiger partial charge in [-0.25, -0.2) is 0 Å². The maximum absolute atomic E-state index is 12.5. The highest BCUT2D eigenvalue weighted by atomic mass is 28.4. The zero-order valence-electron chi connectivity index (χ0n) is 14.7. The zero-order valence-corrected chi connectivity index (χ0v) is 15.7. The molecule has 1 heterocycles. The summed E-state index contributed by atoms with van der Waals surface area (Å²) < 4.78 is 6.32. The third-order valence-corrected chi connectivity index (χ3v) is 9.49. The number of amides is 1. The minimum Gasteiger partial charge on any atom is -0.411 e. The zero-order chi connectivity index (χ0) is 17.4. The molecule has 0 fully saturated rings. The minimum absolute atomic E-state index is 0.0665. The quantitative estimate of drug-likeness (QED) is 0.810.